The molecule has 0 saturated carbocycles. The highest BCUT2D eigenvalue weighted by Crippen LogP contribution is 2.23. The van der Waals surface area contributed by atoms with Gasteiger partial charge in [-0.05, 0) is 32.4 Å². The minimum absolute atomic E-state index is 0.0417. The van der Waals surface area contributed by atoms with E-state index < -0.39 is 10.0 Å². The normalized spacial score (nSPS) is 16.2. The SMILES string of the molecule is CCCN(C1CCNCC1)S(=O)(=O)c1cnc(-c2ccccc2)nc1. The second-order valence-corrected chi connectivity index (χ2v) is 8.10. The fourth-order valence-electron chi connectivity index (χ4n) is 3.14. The molecule has 2 aromatic rings. The maximum Gasteiger partial charge on any atom is 0.246 e. The number of sulfonamides is 1. The Kier molecular flexibility index (Phi) is 5.78. The maximum absolute atomic E-state index is 13.1. The summed E-state index contributed by atoms with van der Waals surface area (Å²) in [6.45, 7) is 4.22. The number of hydrogen-bond donors (Lipinski definition) is 1. The van der Waals surface area contributed by atoms with Crippen molar-refractivity contribution in [2.45, 2.75) is 37.1 Å². The van der Waals surface area contributed by atoms with E-state index in [1.807, 2.05) is 37.3 Å². The summed E-state index contributed by atoms with van der Waals surface area (Å²) < 4.78 is 27.8. The third-order valence-electron chi connectivity index (χ3n) is 4.43. The molecule has 134 valence electrons. The van der Waals surface area contributed by atoms with E-state index in [2.05, 4.69) is 15.3 Å². The summed E-state index contributed by atoms with van der Waals surface area (Å²) in [7, 11) is -3.58. The Bertz CT molecular complexity index is 772. The molecule has 1 fully saturated rings. The van der Waals surface area contributed by atoms with Gasteiger partial charge in [-0.3, -0.25) is 0 Å². The molecule has 0 radical (unpaired) electrons. The van der Waals surface area contributed by atoms with E-state index in [0.717, 1.165) is 37.9 Å². The van der Waals surface area contributed by atoms with E-state index in [9.17, 15) is 8.42 Å². The van der Waals surface area contributed by atoms with Crippen LogP contribution in [0.5, 0.6) is 0 Å². The minimum Gasteiger partial charge on any atom is -0.317 e. The molecule has 1 saturated heterocycles. The molecule has 2 heterocycles. The highest BCUT2D eigenvalue weighted by atomic mass is 32.2. The lowest BCUT2D eigenvalue weighted by Crippen LogP contribution is -2.46. The molecule has 1 aromatic carbocycles. The van der Waals surface area contributed by atoms with Gasteiger partial charge in [-0.15, -0.1) is 0 Å². The van der Waals surface area contributed by atoms with E-state index in [-0.39, 0.29) is 10.9 Å². The highest BCUT2D eigenvalue weighted by molar-refractivity contribution is 7.89. The molecule has 1 aromatic heterocycles. The van der Waals surface area contributed by atoms with Crippen LogP contribution in [-0.2, 0) is 10.0 Å². The van der Waals surface area contributed by atoms with Gasteiger partial charge in [0.1, 0.15) is 4.90 Å². The molecule has 3 rings (SSSR count). The smallest absolute Gasteiger partial charge is 0.246 e. The first-order valence-electron chi connectivity index (χ1n) is 8.73. The molecule has 1 N–H and O–H groups in total. The highest BCUT2D eigenvalue weighted by Gasteiger charge is 2.32. The summed E-state index contributed by atoms with van der Waals surface area (Å²) >= 11 is 0. The van der Waals surface area contributed by atoms with Gasteiger partial charge in [0, 0.05) is 18.2 Å². The van der Waals surface area contributed by atoms with Gasteiger partial charge in [-0.1, -0.05) is 37.3 Å². The number of nitrogens with one attached hydrogen (secondary N) is 1. The van der Waals surface area contributed by atoms with Crippen LogP contribution in [0.15, 0.2) is 47.6 Å². The Hall–Kier alpha value is -1.83. The topological polar surface area (TPSA) is 75.2 Å². The fourth-order valence-corrected chi connectivity index (χ4v) is 4.80. The number of piperidine rings is 1. The van der Waals surface area contributed by atoms with Crippen LogP contribution in [0.4, 0.5) is 0 Å². The molecule has 1 aliphatic heterocycles. The number of hydrogen-bond acceptors (Lipinski definition) is 5. The van der Waals surface area contributed by atoms with Crippen molar-refractivity contribution in [3.8, 4) is 11.4 Å². The lowest BCUT2D eigenvalue weighted by Gasteiger charge is -2.33. The monoisotopic (exact) mass is 360 g/mol. The zero-order valence-electron chi connectivity index (χ0n) is 14.4. The average Bonchev–Trinajstić information content (AvgIpc) is 2.67. The van der Waals surface area contributed by atoms with Gasteiger partial charge in [0.15, 0.2) is 5.82 Å². The second kappa shape index (κ2) is 8.03. The standard InChI is InChI=1S/C18H24N4O2S/c1-2-12-22(16-8-10-19-11-9-16)25(23,24)17-13-20-18(21-14-17)15-6-4-3-5-7-15/h3-7,13-14,16,19H,2,8-12H2,1H3. The molecule has 7 heteroatoms. The molecule has 0 atom stereocenters. The summed E-state index contributed by atoms with van der Waals surface area (Å²) in [5.74, 6) is 0.531. The third-order valence-corrected chi connectivity index (χ3v) is 6.33. The van der Waals surface area contributed by atoms with Crippen molar-refractivity contribution in [2.75, 3.05) is 19.6 Å². The molecule has 1 aliphatic rings. The first kappa shape index (κ1) is 18.0. The molecule has 0 aliphatic carbocycles. The molecular weight excluding hydrogens is 336 g/mol. The van der Waals surface area contributed by atoms with Crippen LogP contribution < -0.4 is 5.32 Å². The van der Waals surface area contributed by atoms with Gasteiger partial charge in [0.2, 0.25) is 10.0 Å². The summed E-state index contributed by atoms with van der Waals surface area (Å²) in [5.41, 5.74) is 0.871. The Morgan fingerprint density at radius 3 is 2.36 bits per heavy atom. The molecule has 0 unspecified atom stereocenters. The Labute approximate surface area is 149 Å². The van der Waals surface area contributed by atoms with Crippen molar-refractivity contribution in [3.63, 3.8) is 0 Å². The Morgan fingerprint density at radius 1 is 1.12 bits per heavy atom. The summed E-state index contributed by atoms with van der Waals surface area (Å²) in [6, 6.07) is 9.58. The predicted octanol–water partition coefficient (Wildman–Crippen LogP) is 2.30. The van der Waals surface area contributed by atoms with E-state index >= 15 is 0 Å². The van der Waals surface area contributed by atoms with Gasteiger partial charge in [0.25, 0.3) is 0 Å². The maximum atomic E-state index is 13.1. The van der Waals surface area contributed by atoms with Gasteiger partial charge in [-0.2, -0.15) is 4.31 Å². The molecule has 0 spiro atoms. The molecule has 25 heavy (non-hydrogen) atoms. The van der Waals surface area contributed by atoms with Crippen molar-refractivity contribution in [3.05, 3.63) is 42.7 Å². The van der Waals surface area contributed by atoms with Crippen molar-refractivity contribution in [1.82, 2.24) is 19.6 Å². The Balaban J connectivity index is 1.87. The third kappa shape index (κ3) is 4.05. The van der Waals surface area contributed by atoms with Crippen molar-refractivity contribution < 1.29 is 8.42 Å². The molecule has 0 amide bonds. The van der Waals surface area contributed by atoms with Crippen LogP contribution in [-0.4, -0.2) is 48.4 Å². The second-order valence-electron chi connectivity index (χ2n) is 6.21. The number of aromatic nitrogens is 2. The quantitative estimate of drug-likeness (QED) is 0.855. The van der Waals surface area contributed by atoms with Crippen LogP contribution in [0.3, 0.4) is 0 Å². The largest absolute Gasteiger partial charge is 0.317 e. The van der Waals surface area contributed by atoms with Gasteiger partial charge in [0.05, 0.1) is 12.4 Å². The average molecular weight is 360 g/mol. The van der Waals surface area contributed by atoms with E-state index in [4.69, 9.17) is 0 Å². The summed E-state index contributed by atoms with van der Waals surface area (Å²) in [5, 5.41) is 3.28. The van der Waals surface area contributed by atoms with E-state index in [0.29, 0.717) is 12.4 Å². The predicted molar refractivity (Wildman–Crippen MR) is 97.5 cm³/mol. The van der Waals surface area contributed by atoms with Crippen molar-refractivity contribution >= 4 is 10.0 Å². The first-order chi connectivity index (χ1) is 12.1. The number of benzene rings is 1. The van der Waals surface area contributed by atoms with Crippen LogP contribution in [0.1, 0.15) is 26.2 Å². The van der Waals surface area contributed by atoms with Gasteiger partial charge < -0.3 is 5.32 Å². The first-order valence-corrected chi connectivity index (χ1v) is 10.2. The fraction of sp³-hybridized carbons (Fsp3) is 0.444. The molecule has 6 nitrogen and oxygen atoms in total. The number of rotatable bonds is 6. The lowest BCUT2D eigenvalue weighted by atomic mass is 10.1. The lowest BCUT2D eigenvalue weighted by molar-refractivity contribution is 0.262. The zero-order chi connectivity index (χ0) is 17.7. The molecule has 0 bridgehead atoms. The number of nitrogens with zero attached hydrogens (tertiary/aromatic N) is 3. The van der Waals surface area contributed by atoms with Crippen LogP contribution in [0, 0.1) is 0 Å². The van der Waals surface area contributed by atoms with Crippen LogP contribution in [0.25, 0.3) is 11.4 Å². The Morgan fingerprint density at radius 2 is 1.76 bits per heavy atom. The van der Waals surface area contributed by atoms with Crippen LogP contribution >= 0.6 is 0 Å². The summed E-state index contributed by atoms with van der Waals surface area (Å²) in [4.78, 5) is 8.71. The van der Waals surface area contributed by atoms with Crippen molar-refractivity contribution in [1.29, 1.82) is 0 Å². The van der Waals surface area contributed by atoms with Crippen molar-refractivity contribution in [2.24, 2.45) is 0 Å². The van der Waals surface area contributed by atoms with E-state index in [1.54, 1.807) is 4.31 Å². The van der Waals surface area contributed by atoms with Gasteiger partial charge in [-0.25, -0.2) is 18.4 Å². The van der Waals surface area contributed by atoms with Gasteiger partial charge >= 0.3 is 0 Å². The minimum atomic E-state index is -3.58. The molecular formula is C18H24N4O2S. The summed E-state index contributed by atoms with van der Waals surface area (Å²) in [6.07, 6.45) is 5.30. The van der Waals surface area contributed by atoms with Crippen LogP contribution in [0.2, 0.25) is 0 Å². The zero-order valence-corrected chi connectivity index (χ0v) is 15.2. The van der Waals surface area contributed by atoms with E-state index in [1.165, 1.54) is 12.4 Å².